The van der Waals surface area contributed by atoms with E-state index in [1.54, 1.807) is 6.92 Å². The normalized spacial score (nSPS) is 52.3. The number of hydrogen-bond donors (Lipinski definition) is 8. The Balaban J connectivity index is 0.874. The molecular formula is C44H68O19. The van der Waals surface area contributed by atoms with Crippen molar-refractivity contribution in [3.8, 4) is 0 Å². The number of cyclic esters (lactones) is 1. The van der Waals surface area contributed by atoms with Gasteiger partial charge in [0.1, 0.15) is 67.6 Å². The molecule has 4 saturated carbocycles. The van der Waals surface area contributed by atoms with Gasteiger partial charge in [0, 0.05) is 44.3 Å². The molecule has 19 nitrogen and oxygen atoms in total. The summed E-state index contributed by atoms with van der Waals surface area (Å²) in [5.41, 5.74) is -0.944. The fraction of sp³-hybridized carbons (Fsp3) is 0.909. The molecule has 4 heterocycles. The Hall–Kier alpha value is -1.92. The van der Waals surface area contributed by atoms with Crippen molar-refractivity contribution in [1.29, 1.82) is 0 Å². The summed E-state index contributed by atoms with van der Waals surface area (Å²) in [6, 6.07) is 0. The highest BCUT2D eigenvalue weighted by Gasteiger charge is 2.71. The van der Waals surface area contributed by atoms with Crippen LogP contribution < -0.4 is 0 Å². The van der Waals surface area contributed by atoms with Gasteiger partial charge >= 0.3 is 11.9 Å². The Morgan fingerprint density at radius 2 is 1.52 bits per heavy atom. The molecule has 0 unspecified atom stereocenters. The summed E-state index contributed by atoms with van der Waals surface area (Å²) < 4.78 is 53.1. The predicted molar refractivity (Wildman–Crippen MR) is 213 cm³/mol. The van der Waals surface area contributed by atoms with Crippen LogP contribution in [0.15, 0.2) is 11.6 Å². The first kappa shape index (κ1) is 47.6. The van der Waals surface area contributed by atoms with Gasteiger partial charge in [-0.2, -0.15) is 0 Å². The number of ether oxygens (including phenoxy) is 9. The number of aliphatic hydroxyl groups excluding tert-OH is 7. The van der Waals surface area contributed by atoms with Gasteiger partial charge in [-0.3, -0.25) is 4.79 Å². The van der Waals surface area contributed by atoms with Gasteiger partial charge < -0.3 is 83.5 Å². The smallest absolute Gasteiger partial charge is 0.331 e. The van der Waals surface area contributed by atoms with Crippen molar-refractivity contribution < 1.29 is 93.1 Å². The average molecular weight is 901 g/mol. The molecule has 0 aromatic carbocycles. The maximum absolute atomic E-state index is 12.9. The summed E-state index contributed by atoms with van der Waals surface area (Å²) in [7, 11) is 1.52. The molecule has 0 amide bonds. The van der Waals surface area contributed by atoms with Gasteiger partial charge in [-0.1, -0.05) is 13.8 Å². The summed E-state index contributed by atoms with van der Waals surface area (Å²) in [6.07, 6.45) is -10.8. The largest absolute Gasteiger partial charge is 0.462 e. The van der Waals surface area contributed by atoms with Crippen LogP contribution in [0.1, 0.15) is 85.5 Å². The molecule has 0 spiro atoms. The number of carbonyl (C=O) groups excluding carboxylic acids is 2. The third-order valence-electron chi connectivity index (χ3n) is 16.7. The molecule has 0 radical (unpaired) electrons. The molecule has 0 aromatic rings. The summed E-state index contributed by atoms with van der Waals surface area (Å²) in [5.74, 6) is -0.528. The second-order valence-corrected chi connectivity index (χ2v) is 20.0. The summed E-state index contributed by atoms with van der Waals surface area (Å²) in [6.45, 7) is 6.62. The summed E-state index contributed by atoms with van der Waals surface area (Å²) in [5, 5.41) is 85.4. The molecule has 0 bridgehead atoms. The van der Waals surface area contributed by atoms with Crippen LogP contribution in [-0.2, 0) is 52.2 Å². The van der Waals surface area contributed by atoms with Crippen molar-refractivity contribution in [1.82, 2.24) is 0 Å². The van der Waals surface area contributed by atoms with Crippen LogP contribution in [0.2, 0.25) is 0 Å². The van der Waals surface area contributed by atoms with Crippen LogP contribution in [0.4, 0.5) is 0 Å². The first-order chi connectivity index (χ1) is 29.8. The Morgan fingerprint density at radius 3 is 2.19 bits per heavy atom. The summed E-state index contributed by atoms with van der Waals surface area (Å²) in [4.78, 5) is 24.5. The molecule has 0 aromatic heterocycles. The minimum atomic E-state index is -1.72. The second kappa shape index (κ2) is 18.3. The minimum absolute atomic E-state index is 0.000125. The molecule has 358 valence electrons. The van der Waals surface area contributed by atoms with Crippen molar-refractivity contribution in [2.75, 3.05) is 26.9 Å². The van der Waals surface area contributed by atoms with E-state index in [0.29, 0.717) is 12.3 Å². The van der Waals surface area contributed by atoms with Crippen LogP contribution in [0.3, 0.4) is 0 Å². The van der Waals surface area contributed by atoms with E-state index in [9.17, 15) is 50.4 Å². The van der Waals surface area contributed by atoms with Crippen LogP contribution >= 0.6 is 0 Å². The van der Waals surface area contributed by atoms with E-state index in [2.05, 4.69) is 13.8 Å². The van der Waals surface area contributed by atoms with Crippen molar-refractivity contribution in [2.45, 2.75) is 189 Å². The molecule has 8 rings (SSSR count). The SMILES string of the molecule is CO[C@@H]1C[C@H](O[C@H]2CC[C@@]3(C)[C@H](CC[C@@H]4[C@@H]3CC[C@]3(C)[C@@H](C5=CC(=O)OC5)[C@@H](OC(C)=O)C[C@]43O)C2)O[C@H](C)[C@@H]1O[C@@H]1O[C@H](CO[C@@H]2O[C@H](CO)[C@@H](O)[C@H](O)[C@H]2O)[C@@H](O)[C@H](O)[C@H]1O. The predicted octanol–water partition coefficient (Wildman–Crippen LogP) is -0.671. The zero-order valence-electron chi connectivity index (χ0n) is 36.7. The first-order valence-electron chi connectivity index (χ1n) is 22.7. The van der Waals surface area contributed by atoms with Crippen molar-refractivity contribution >= 4 is 11.9 Å². The highest BCUT2D eigenvalue weighted by Crippen LogP contribution is 2.70. The standard InChI is InChI=1S/C44H68O19/c1-19-39(63-41-38(53)36(51)34(49)29(62-41)18-57-40-37(52)35(50)33(48)28(16-45)61-40)26(55-5)14-31(58-19)60-23-8-10-42(3)22(13-23)6-7-25-24(42)9-11-43(4)32(21-12-30(47)56-17-21)27(59-20(2)46)15-44(25,43)54/h12,19,22-29,31-41,45,48-54H,6-11,13-18H2,1-5H3/t19-,22-,23+,24+,25-,26-,27+,28-,29-,31+,32+,33-,34-,35+,36+,37-,38-,39+,40-,41+,42+,43-,44+/m1/s1. The molecule has 8 aliphatic rings. The summed E-state index contributed by atoms with van der Waals surface area (Å²) >= 11 is 0. The molecule has 8 N–H and O–H groups in total. The molecule has 23 atom stereocenters. The maximum Gasteiger partial charge on any atom is 0.331 e. The molecule has 63 heavy (non-hydrogen) atoms. The average Bonchev–Trinajstić information content (AvgIpc) is 3.76. The van der Waals surface area contributed by atoms with Crippen molar-refractivity contribution in [3.63, 3.8) is 0 Å². The Labute approximate surface area is 366 Å². The third kappa shape index (κ3) is 8.43. The Morgan fingerprint density at radius 1 is 0.825 bits per heavy atom. The van der Waals surface area contributed by atoms with Gasteiger partial charge in [-0.05, 0) is 80.6 Å². The highest BCUT2D eigenvalue weighted by atomic mass is 16.8. The van der Waals surface area contributed by atoms with Gasteiger partial charge in [0.2, 0.25) is 0 Å². The number of esters is 2. The zero-order valence-corrected chi connectivity index (χ0v) is 36.7. The van der Waals surface area contributed by atoms with Crippen molar-refractivity contribution in [2.24, 2.45) is 34.5 Å². The topological polar surface area (TPSA) is 279 Å². The van der Waals surface area contributed by atoms with E-state index in [0.717, 1.165) is 50.5 Å². The molecule has 7 fully saturated rings. The number of fused-ring (bicyclic) bond motifs is 5. The lowest BCUT2D eigenvalue weighted by Gasteiger charge is -2.63. The van der Waals surface area contributed by atoms with Gasteiger partial charge in [0.15, 0.2) is 18.9 Å². The Kier molecular flexibility index (Phi) is 13.8. The van der Waals surface area contributed by atoms with Crippen molar-refractivity contribution in [3.05, 3.63) is 11.6 Å². The number of aliphatic hydroxyl groups is 8. The fourth-order valence-corrected chi connectivity index (χ4v) is 13.3. The van der Waals surface area contributed by atoms with E-state index in [1.807, 2.05) is 0 Å². The Bertz CT molecular complexity index is 1680. The van der Waals surface area contributed by atoms with E-state index in [-0.39, 0.29) is 42.3 Å². The highest BCUT2D eigenvalue weighted by molar-refractivity contribution is 5.85. The molecule has 3 saturated heterocycles. The van der Waals surface area contributed by atoms with Crippen LogP contribution in [0.5, 0.6) is 0 Å². The lowest BCUT2D eigenvalue weighted by atomic mass is 9.43. The van der Waals surface area contributed by atoms with Crippen LogP contribution in [0, 0.1) is 34.5 Å². The van der Waals surface area contributed by atoms with Gasteiger partial charge in [-0.25, -0.2) is 4.79 Å². The zero-order chi connectivity index (χ0) is 45.3. The van der Waals surface area contributed by atoms with Gasteiger partial charge in [0.25, 0.3) is 0 Å². The maximum atomic E-state index is 12.9. The molecule has 19 heteroatoms. The minimum Gasteiger partial charge on any atom is -0.462 e. The number of rotatable bonds is 11. The second-order valence-electron chi connectivity index (χ2n) is 20.0. The fourth-order valence-electron chi connectivity index (χ4n) is 13.3. The molecule has 4 aliphatic heterocycles. The van der Waals surface area contributed by atoms with E-state index in [4.69, 9.17) is 42.6 Å². The quantitative estimate of drug-likeness (QED) is 0.0943. The number of hydrogen-bond acceptors (Lipinski definition) is 19. The number of carbonyl (C=O) groups is 2. The van der Waals surface area contributed by atoms with Crippen LogP contribution in [0.25, 0.3) is 0 Å². The van der Waals surface area contributed by atoms with Crippen LogP contribution in [-0.4, -0.2) is 184 Å². The van der Waals surface area contributed by atoms with Gasteiger partial charge in [-0.15, -0.1) is 0 Å². The lowest BCUT2D eigenvalue weighted by Crippen LogP contribution is -2.63. The third-order valence-corrected chi connectivity index (χ3v) is 16.7. The van der Waals surface area contributed by atoms with E-state index in [1.165, 1.54) is 20.1 Å². The monoisotopic (exact) mass is 900 g/mol. The number of methoxy groups -OCH3 is 1. The molecule has 4 aliphatic carbocycles. The lowest BCUT2D eigenvalue weighted by molar-refractivity contribution is -0.355. The first-order valence-corrected chi connectivity index (χ1v) is 22.7. The van der Waals surface area contributed by atoms with Gasteiger partial charge in [0.05, 0.1) is 37.1 Å². The molecular weight excluding hydrogens is 832 g/mol. The van der Waals surface area contributed by atoms with E-state index < -0.39 is 128 Å². The van der Waals surface area contributed by atoms with E-state index >= 15 is 0 Å².